The minimum atomic E-state index is -0.349. The van der Waals surface area contributed by atoms with Crippen LogP contribution in [0.25, 0.3) is 0 Å². The molecule has 126 valence electrons. The lowest BCUT2D eigenvalue weighted by atomic mass is 10.0. The van der Waals surface area contributed by atoms with Crippen LogP contribution in [0.1, 0.15) is 73.1 Å². The van der Waals surface area contributed by atoms with Crippen molar-refractivity contribution in [3.8, 4) is 0 Å². The van der Waals surface area contributed by atoms with Crippen LogP contribution in [0.4, 0.5) is 0 Å². The van der Waals surface area contributed by atoms with E-state index in [-0.39, 0.29) is 5.79 Å². The van der Waals surface area contributed by atoms with Gasteiger partial charge in [0.1, 0.15) is 0 Å². The molecule has 0 atom stereocenters. The van der Waals surface area contributed by atoms with Gasteiger partial charge in [0.15, 0.2) is 5.79 Å². The SMILES string of the molecule is CC(C)=CCCC(C)=CCCC(C)=CCCC1(C)OCCO1. The first-order valence-corrected chi connectivity index (χ1v) is 8.64. The lowest BCUT2D eigenvalue weighted by Gasteiger charge is -2.21. The molecule has 1 saturated heterocycles. The highest BCUT2D eigenvalue weighted by Gasteiger charge is 2.29. The molecule has 22 heavy (non-hydrogen) atoms. The van der Waals surface area contributed by atoms with Crippen molar-refractivity contribution in [3.05, 3.63) is 34.9 Å². The lowest BCUT2D eigenvalue weighted by molar-refractivity contribution is -0.145. The molecule has 0 radical (unpaired) electrons. The minimum Gasteiger partial charge on any atom is -0.348 e. The van der Waals surface area contributed by atoms with Gasteiger partial charge in [-0.05, 0) is 66.7 Å². The smallest absolute Gasteiger partial charge is 0.166 e. The Kier molecular flexibility index (Phi) is 8.74. The van der Waals surface area contributed by atoms with Crippen LogP contribution < -0.4 is 0 Å². The molecule has 2 nitrogen and oxygen atoms in total. The van der Waals surface area contributed by atoms with E-state index in [1.54, 1.807) is 0 Å². The second kappa shape index (κ2) is 10.0. The topological polar surface area (TPSA) is 18.5 Å². The van der Waals surface area contributed by atoms with Gasteiger partial charge in [-0.1, -0.05) is 34.9 Å². The third kappa shape index (κ3) is 8.55. The molecule has 0 aromatic carbocycles. The quantitative estimate of drug-likeness (QED) is 0.490. The fourth-order valence-corrected chi connectivity index (χ4v) is 2.62. The van der Waals surface area contributed by atoms with E-state index in [1.807, 2.05) is 6.92 Å². The second-order valence-corrected chi connectivity index (χ2v) is 6.83. The van der Waals surface area contributed by atoms with Crippen LogP contribution >= 0.6 is 0 Å². The first kappa shape index (κ1) is 19.2. The van der Waals surface area contributed by atoms with E-state index in [0.29, 0.717) is 0 Å². The summed E-state index contributed by atoms with van der Waals surface area (Å²) in [6.45, 7) is 12.3. The Morgan fingerprint density at radius 1 is 0.818 bits per heavy atom. The van der Waals surface area contributed by atoms with Crippen LogP contribution in [0.2, 0.25) is 0 Å². The summed E-state index contributed by atoms with van der Waals surface area (Å²) in [5, 5.41) is 0. The van der Waals surface area contributed by atoms with Crippen LogP contribution in [0.5, 0.6) is 0 Å². The molecule has 0 unspecified atom stereocenters. The Morgan fingerprint density at radius 2 is 1.32 bits per heavy atom. The molecule has 1 aliphatic heterocycles. The molecule has 1 heterocycles. The Bertz CT molecular complexity index is 405. The first-order valence-electron chi connectivity index (χ1n) is 8.64. The summed E-state index contributed by atoms with van der Waals surface area (Å²) in [6, 6.07) is 0. The summed E-state index contributed by atoms with van der Waals surface area (Å²) in [7, 11) is 0. The predicted octanol–water partition coefficient (Wildman–Crippen LogP) is 5.95. The van der Waals surface area contributed by atoms with Gasteiger partial charge in [-0.15, -0.1) is 0 Å². The van der Waals surface area contributed by atoms with Crippen LogP contribution in [0.3, 0.4) is 0 Å². The number of allylic oxidation sites excluding steroid dienone is 6. The van der Waals surface area contributed by atoms with Gasteiger partial charge in [0, 0.05) is 6.42 Å². The molecule has 0 N–H and O–H groups in total. The number of ether oxygens (including phenoxy) is 2. The van der Waals surface area contributed by atoms with Crippen molar-refractivity contribution in [3.63, 3.8) is 0 Å². The Hall–Kier alpha value is -0.860. The second-order valence-electron chi connectivity index (χ2n) is 6.83. The van der Waals surface area contributed by atoms with Crippen molar-refractivity contribution >= 4 is 0 Å². The van der Waals surface area contributed by atoms with Crippen LogP contribution in [0, 0.1) is 0 Å². The third-order valence-electron chi connectivity index (χ3n) is 4.11. The van der Waals surface area contributed by atoms with Gasteiger partial charge in [0.05, 0.1) is 13.2 Å². The van der Waals surface area contributed by atoms with Crippen LogP contribution in [0.15, 0.2) is 34.9 Å². The number of hydrogen-bond acceptors (Lipinski definition) is 2. The third-order valence-corrected chi connectivity index (χ3v) is 4.11. The molecule has 1 fully saturated rings. The van der Waals surface area contributed by atoms with Gasteiger partial charge >= 0.3 is 0 Å². The summed E-state index contributed by atoms with van der Waals surface area (Å²) in [5.41, 5.74) is 4.39. The maximum absolute atomic E-state index is 5.62. The molecule has 0 aromatic rings. The molecule has 0 aromatic heterocycles. The van der Waals surface area contributed by atoms with Crippen molar-refractivity contribution in [2.45, 2.75) is 78.9 Å². The zero-order chi connectivity index (χ0) is 16.4. The fraction of sp³-hybridized carbons (Fsp3) is 0.700. The monoisotopic (exact) mass is 306 g/mol. The van der Waals surface area contributed by atoms with E-state index in [9.17, 15) is 0 Å². The maximum Gasteiger partial charge on any atom is 0.166 e. The van der Waals surface area contributed by atoms with Gasteiger partial charge in [-0.25, -0.2) is 0 Å². The van der Waals surface area contributed by atoms with Gasteiger partial charge in [-0.3, -0.25) is 0 Å². The van der Waals surface area contributed by atoms with Gasteiger partial charge in [0.2, 0.25) is 0 Å². The normalized spacial score (nSPS) is 18.6. The molecular weight excluding hydrogens is 272 g/mol. The standard InChI is InChI=1S/C20H34O2/c1-17(2)9-6-10-18(3)11-7-12-19(4)13-8-14-20(5)21-15-16-22-20/h9,11,13H,6-8,10,12,14-16H2,1-5H3. The highest BCUT2D eigenvalue weighted by molar-refractivity contribution is 5.05. The van der Waals surface area contributed by atoms with Crippen LogP contribution in [-0.4, -0.2) is 19.0 Å². The molecule has 1 aliphatic rings. The van der Waals surface area contributed by atoms with E-state index in [1.165, 1.54) is 23.1 Å². The largest absolute Gasteiger partial charge is 0.348 e. The molecule has 0 bridgehead atoms. The molecule has 1 rings (SSSR count). The van der Waals surface area contributed by atoms with E-state index in [2.05, 4.69) is 45.9 Å². The summed E-state index contributed by atoms with van der Waals surface area (Å²) in [4.78, 5) is 0. The average Bonchev–Trinajstić information content (AvgIpc) is 2.85. The zero-order valence-electron chi connectivity index (χ0n) is 15.2. The minimum absolute atomic E-state index is 0.349. The van der Waals surface area contributed by atoms with Gasteiger partial charge < -0.3 is 9.47 Å². The molecule has 0 saturated carbocycles. The van der Waals surface area contributed by atoms with E-state index >= 15 is 0 Å². The van der Waals surface area contributed by atoms with Crippen molar-refractivity contribution in [2.24, 2.45) is 0 Å². The molecule has 0 spiro atoms. The molecule has 0 amide bonds. The van der Waals surface area contributed by atoms with E-state index in [4.69, 9.17) is 9.47 Å². The van der Waals surface area contributed by atoms with Crippen molar-refractivity contribution < 1.29 is 9.47 Å². The van der Waals surface area contributed by atoms with Crippen molar-refractivity contribution in [1.29, 1.82) is 0 Å². The number of rotatable bonds is 9. The molecule has 2 heteroatoms. The Morgan fingerprint density at radius 3 is 1.86 bits per heavy atom. The Balaban J connectivity index is 2.19. The van der Waals surface area contributed by atoms with Gasteiger partial charge in [-0.2, -0.15) is 0 Å². The first-order chi connectivity index (χ1) is 10.4. The molecule has 0 aliphatic carbocycles. The maximum atomic E-state index is 5.62. The lowest BCUT2D eigenvalue weighted by Crippen LogP contribution is -2.24. The average molecular weight is 306 g/mol. The summed E-state index contributed by atoms with van der Waals surface area (Å²) >= 11 is 0. The highest BCUT2D eigenvalue weighted by Crippen LogP contribution is 2.24. The van der Waals surface area contributed by atoms with Crippen LogP contribution in [-0.2, 0) is 9.47 Å². The highest BCUT2D eigenvalue weighted by atomic mass is 16.7. The summed E-state index contributed by atoms with van der Waals surface area (Å²) < 4.78 is 11.2. The fourth-order valence-electron chi connectivity index (χ4n) is 2.62. The van der Waals surface area contributed by atoms with E-state index in [0.717, 1.165) is 45.3 Å². The zero-order valence-corrected chi connectivity index (χ0v) is 15.2. The predicted molar refractivity (Wildman–Crippen MR) is 95.0 cm³/mol. The van der Waals surface area contributed by atoms with Gasteiger partial charge in [0.25, 0.3) is 0 Å². The Labute approximate surface area is 137 Å². The summed E-state index contributed by atoms with van der Waals surface area (Å²) in [6.07, 6.45) is 13.7. The molecular formula is C20H34O2. The number of hydrogen-bond donors (Lipinski definition) is 0. The van der Waals surface area contributed by atoms with E-state index < -0.39 is 0 Å². The summed E-state index contributed by atoms with van der Waals surface area (Å²) in [5.74, 6) is -0.349. The van der Waals surface area contributed by atoms with Crippen molar-refractivity contribution in [2.75, 3.05) is 13.2 Å². The van der Waals surface area contributed by atoms with Crippen molar-refractivity contribution in [1.82, 2.24) is 0 Å².